The number of nitrogens with one attached hydrogen (secondary N) is 1. The van der Waals surface area contributed by atoms with Gasteiger partial charge in [0.05, 0.1) is 18.1 Å². The fourth-order valence-electron chi connectivity index (χ4n) is 3.01. The minimum atomic E-state index is 0.508. The molecule has 0 fully saturated rings. The molecular formula is C21H22N6OS2. The molecule has 0 saturated carbocycles. The van der Waals surface area contributed by atoms with Crippen molar-refractivity contribution in [3.05, 3.63) is 69.9 Å². The van der Waals surface area contributed by atoms with Crippen molar-refractivity contribution in [3.8, 4) is 10.8 Å². The maximum absolute atomic E-state index is 5.84. The van der Waals surface area contributed by atoms with Gasteiger partial charge in [-0.25, -0.2) is 4.68 Å². The topological polar surface area (TPSA) is 75.8 Å². The Balaban J connectivity index is 1.45. The van der Waals surface area contributed by atoms with Gasteiger partial charge in [0.15, 0.2) is 0 Å². The molecule has 0 spiro atoms. The molecule has 0 bridgehead atoms. The van der Waals surface area contributed by atoms with Crippen LogP contribution in [0.5, 0.6) is 0 Å². The number of H-pyrrole nitrogens is 1. The zero-order valence-corrected chi connectivity index (χ0v) is 18.2. The molecule has 154 valence electrons. The first-order valence-electron chi connectivity index (χ1n) is 9.70. The van der Waals surface area contributed by atoms with Gasteiger partial charge in [-0.05, 0) is 41.7 Å². The van der Waals surface area contributed by atoms with E-state index in [-0.39, 0.29) is 0 Å². The predicted octanol–water partition coefficient (Wildman–Crippen LogP) is 5.09. The van der Waals surface area contributed by atoms with Crippen molar-refractivity contribution < 1.29 is 4.42 Å². The lowest BCUT2D eigenvalue weighted by Crippen LogP contribution is -2.27. The van der Waals surface area contributed by atoms with Gasteiger partial charge in [-0.2, -0.15) is 4.98 Å². The number of aromatic nitrogens is 5. The molecule has 0 aliphatic carbocycles. The van der Waals surface area contributed by atoms with Gasteiger partial charge in [-0.15, -0.1) is 21.5 Å². The largest absolute Gasteiger partial charge is 0.419 e. The van der Waals surface area contributed by atoms with Crippen LogP contribution in [0, 0.1) is 4.77 Å². The number of thiophene rings is 1. The fourth-order valence-corrected chi connectivity index (χ4v) is 3.85. The van der Waals surface area contributed by atoms with E-state index in [1.807, 2.05) is 64.7 Å². The molecule has 4 rings (SSSR count). The molecule has 9 heteroatoms. The number of aromatic amines is 1. The molecular weight excluding hydrogens is 416 g/mol. The average molecular weight is 439 g/mol. The minimum absolute atomic E-state index is 0.508. The second-order valence-electron chi connectivity index (χ2n) is 6.74. The summed E-state index contributed by atoms with van der Waals surface area (Å²) in [6.07, 6.45) is 4.93. The van der Waals surface area contributed by atoms with Gasteiger partial charge >= 0.3 is 0 Å². The Labute approximate surface area is 183 Å². The van der Waals surface area contributed by atoms with E-state index in [1.165, 1.54) is 0 Å². The van der Waals surface area contributed by atoms with Crippen LogP contribution < -0.4 is 0 Å². The van der Waals surface area contributed by atoms with Gasteiger partial charge in [0.2, 0.25) is 10.7 Å². The Hall–Kier alpha value is -2.88. The van der Waals surface area contributed by atoms with Gasteiger partial charge in [0.1, 0.15) is 5.82 Å². The number of benzene rings is 1. The summed E-state index contributed by atoms with van der Waals surface area (Å²) in [6, 6.07) is 14.0. The van der Waals surface area contributed by atoms with E-state index in [2.05, 4.69) is 32.1 Å². The first-order chi connectivity index (χ1) is 14.7. The highest BCUT2D eigenvalue weighted by atomic mass is 32.1. The normalized spacial score (nSPS) is 11.7. The highest BCUT2D eigenvalue weighted by Crippen LogP contribution is 2.23. The number of nitrogens with zero attached hydrogens (tertiary/aromatic N) is 5. The van der Waals surface area contributed by atoms with Crippen LogP contribution in [0.3, 0.4) is 0 Å². The molecule has 0 unspecified atom stereocenters. The maximum Gasteiger partial charge on any atom is 0.257 e. The van der Waals surface area contributed by atoms with Crippen molar-refractivity contribution in [2.45, 2.75) is 26.6 Å². The zero-order chi connectivity index (χ0) is 20.8. The third-order valence-corrected chi connectivity index (χ3v) is 5.54. The Morgan fingerprint density at radius 2 is 2.03 bits per heavy atom. The van der Waals surface area contributed by atoms with E-state index in [0.717, 1.165) is 29.2 Å². The van der Waals surface area contributed by atoms with Crippen molar-refractivity contribution in [2.75, 3.05) is 6.54 Å². The Morgan fingerprint density at radius 1 is 1.17 bits per heavy atom. The summed E-state index contributed by atoms with van der Waals surface area (Å²) < 4.78 is 8.20. The number of hydrogen-bond acceptors (Lipinski definition) is 7. The van der Waals surface area contributed by atoms with E-state index < -0.39 is 0 Å². The molecule has 1 aromatic carbocycles. The highest BCUT2D eigenvalue weighted by Gasteiger charge is 2.14. The molecule has 4 aromatic rings. The van der Waals surface area contributed by atoms with Crippen molar-refractivity contribution in [1.82, 2.24) is 29.9 Å². The Kier molecular flexibility index (Phi) is 6.63. The summed E-state index contributed by atoms with van der Waals surface area (Å²) in [4.78, 5) is 7.61. The minimum Gasteiger partial charge on any atom is -0.419 e. The van der Waals surface area contributed by atoms with Gasteiger partial charge in [0, 0.05) is 6.54 Å². The van der Waals surface area contributed by atoms with Crippen LogP contribution in [-0.2, 0) is 13.2 Å². The van der Waals surface area contributed by atoms with E-state index >= 15 is 0 Å². The first kappa shape index (κ1) is 20.4. The Bertz CT molecular complexity index is 1140. The number of hydrogen-bond donors (Lipinski definition) is 1. The summed E-state index contributed by atoms with van der Waals surface area (Å²) in [5.41, 5.74) is 1.11. The molecule has 7 nitrogen and oxygen atoms in total. The van der Waals surface area contributed by atoms with Crippen molar-refractivity contribution in [1.29, 1.82) is 0 Å². The van der Waals surface area contributed by atoms with Crippen molar-refractivity contribution in [2.24, 2.45) is 0 Å². The summed E-state index contributed by atoms with van der Waals surface area (Å²) >= 11 is 7.02. The third kappa shape index (κ3) is 5.18. The molecule has 0 atom stereocenters. The number of rotatable bonds is 9. The zero-order valence-electron chi connectivity index (χ0n) is 16.6. The maximum atomic E-state index is 5.84. The fraction of sp³-hybridized carbons (Fsp3) is 0.238. The molecule has 0 amide bonds. The second-order valence-corrected chi connectivity index (χ2v) is 8.05. The smallest absolute Gasteiger partial charge is 0.257 e. The van der Waals surface area contributed by atoms with Crippen LogP contribution in [0.25, 0.3) is 22.9 Å². The molecule has 3 aromatic heterocycles. The van der Waals surface area contributed by atoms with E-state index in [1.54, 1.807) is 11.3 Å². The van der Waals surface area contributed by atoms with Crippen LogP contribution in [0.1, 0.15) is 30.6 Å². The lowest BCUT2D eigenvalue weighted by Gasteiger charge is -2.19. The van der Waals surface area contributed by atoms with Crippen molar-refractivity contribution in [3.63, 3.8) is 0 Å². The highest BCUT2D eigenvalue weighted by molar-refractivity contribution is 7.71. The predicted molar refractivity (Wildman–Crippen MR) is 121 cm³/mol. The molecule has 0 saturated heterocycles. The summed E-state index contributed by atoms with van der Waals surface area (Å²) in [7, 11) is 0. The van der Waals surface area contributed by atoms with Gasteiger partial charge in [0.25, 0.3) is 5.89 Å². The van der Waals surface area contributed by atoms with Crippen molar-refractivity contribution >= 4 is 35.7 Å². The summed E-state index contributed by atoms with van der Waals surface area (Å²) in [5, 5.41) is 13.6. The van der Waals surface area contributed by atoms with Gasteiger partial charge < -0.3 is 4.42 Å². The standard InChI is InChI=1S/C21H22N6OS2/c1-2-12-26(14-19-23-24-20(28-19)17-9-6-13-30-17)15-27-21(29)22-18(25-27)11-10-16-7-4-3-5-8-16/h3-11,13H,2,12,14-15H2,1H3,(H,22,25,29)/b11-10+. The van der Waals surface area contributed by atoms with Crippen LogP contribution in [0.4, 0.5) is 0 Å². The second kappa shape index (κ2) is 9.75. The average Bonchev–Trinajstić information content (AvgIpc) is 3.49. The van der Waals surface area contributed by atoms with E-state index in [4.69, 9.17) is 16.6 Å². The van der Waals surface area contributed by atoms with Gasteiger partial charge in [-0.3, -0.25) is 10.00 Å². The monoisotopic (exact) mass is 438 g/mol. The molecule has 0 aliphatic rings. The van der Waals surface area contributed by atoms with Gasteiger partial charge in [-0.1, -0.05) is 49.4 Å². The first-order valence-corrected chi connectivity index (χ1v) is 11.0. The Morgan fingerprint density at radius 3 is 2.80 bits per heavy atom. The lowest BCUT2D eigenvalue weighted by atomic mass is 10.2. The molecule has 1 N–H and O–H groups in total. The molecule has 3 heterocycles. The van der Waals surface area contributed by atoms with Crippen LogP contribution in [0.15, 0.2) is 52.3 Å². The quantitative estimate of drug-likeness (QED) is 0.367. The summed E-state index contributed by atoms with van der Waals surface area (Å²) in [5.74, 6) is 1.86. The molecule has 30 heavy (non-hydrogen) atoms. The SMILES string of the molecule is CCCN(Cc1nnc(-c2cccs2)o1)Cn1[nH]c(/C=C/c2ccccc2)nc1=S. The van der Waals surface area contributed by atoms with Crippen LogP contribution in [-0.4, -0.2) is 36.4 Å². The van der Waals surface area contributed by atoms with Crippen LogP contribution in [0.2, 0.25) is 0 Å². The summed E-state index contributed by atoms with van der Waals surface area (Å²) in [6.45, 7) is 4.11. The van der Waals surface area contributed by atoms with Crippen LogP contribution >= 0.6 is 23.6 Å². The van der Waals surface area contributed by atoms with E-state index in [9.17, 15) is 0 Å². The third-order valence-electron chi connectivity index (χ3n) is 4.37. The molecule has 0 aliphatic heterocycles. The molecule has 0 radical (unpaired) electrons. The van der Waals surface area contributed by atoms with E-state index in [0.29, 0.717) is 29.8 Å². The lowest BCUT2D eigenvalue weighted by molar-refractivity contribution is 0.180.